The zero-order valence-corrected chi connectivity index (χ0v) is 71.0. The first kappa shape index (κ1) is 79.2. The van der Waals surface area contributed by atoms with Gasteiger partial charge in [-0.05, 0) is 216 Å². The summed E-state index contributed by atoms with van der Waals surface area (Å²) in [6.45, 7) is 2.60. The maximum Gasteiger partial charge on any atom is 0.143 e. The maximum absolute atomic E-state index is 5.95. The Hall–Kier alpha value is -16.0. The number of H-pyrrole nitrogens is 2. The van der Waals surface area contributed by atoms with Gasteiger partial charge in [0.15, 0.2) is 0 Å². The van der Waals surface area contributed by atoms with Gasteiger partial charge in [-0.3, -0.25) is 0 Å². The first-order chi connectivity index (χ1) is 63.4. The number of hydrogen-bond acceptors (Lipinski definition) is 2. The van der Waals surface area contributed by atoms with E-state index < -0.39 is 0 Å². The lowest BCUT2D eigenvalue weighted by Crippen LogP contribution is -2.38. The third-order valence-corrected chi connectivity index (χ3v) is 25.8. The summed E-state index contributed by atoms with van der Waals surface area (Å²) in [6.07, 6.45) is 8.87. The molecule has 2 aliphatic heterocycles. The second-order valence-corrected chi connectivity index (χ2v) is 33.2. The van der Waals surface area contributed by atoms with Crippen LogP contribution >= 0.6 is 0 Å². The van der Waals surface area contributed by atoms with E-state index in [0.29, 0.717) is 44.1 Å². The predicted molar refractivity (Wildman–Crippen MR) is 537 cm³/mol. The van der Waals surface area contributed by atoms with E-state index in [2.05, 4.69) is 520 Å². The van der Waals surface area contributed by atoms with Crippen LogP contribution in [0.15, 0.2) is 485 Å². The van der Waals surface area contributed by atoms with Crippen LogP contribution in [0.1, 0.15) is 45.0 Å². The molecule has 2 N–H and O–H groups in total. The Labute approximate surface area is 748 Å². The minimum Gasteiger partial charge on any atom is -0.354 e. The standard InChI is InChI=1S/C120H94N8/c1-13-37-97(38-14-1)125(98-39-15-2-16-40-98,99-41-17-3-18-42-99)85-89-61-69-93(70-62-89)117-109-77-79-111(121-109)118(94-71-63-90(64-72-94)86-126(100-43-19-4-20-44-100,101-45-21-5-22-46-101)102-47-23-6-24-48-102)113-81-83-115(123-113)120(96-75-67-92(68-76-96)88-128(106-55-31-10-32-56-106,107-57-33-11-34-58-107)108-59-35-12-36-60-108)116-84-82-114(124-116)119(112-80-78-110(117)122-112)95-73-65-91(66-74-95)87-127(103-49-25-7-26-50-103,104-51-27-8-28-52-104)105-53-29-9-30-54-105/h1-84,121,124H,85-88H2/q+4. The van der Waals surface area contributed by atoms with Gasteiger partial charge < -0.3 is 9.97 Å². The molecule has 128 heavy (non-hydrogen) atoms. The molecule has 0 saturated heterocycles. The van der Waals surface area contributed by atoms with Crippen LogP contribution in [0.2, 0.25) is 0 Å². The quantitative estimate of drug-likeness (QED) is 0.0593. The molecular weight excluding hydrogens is 1550 g/mol. The van der Waals surface area contributed by atoms with Crippen molar-refractivity contribution in [2.24, 2.45) is 0 Å². The average molecular weight is 1650 g/mol. The number of quaternary nitrogens is 4. The molecule has 8 bridgehead atoms. The van der Waals surface area contributed by atoms with Crippen LogP contribution in [0.5, 0.6) is 0 Å². The molecule has 19 aromatic rings. The van der Waals surface area contributed by atoms with Gasteiger partial charge >= 0.3 is 0 Å². The molecule has 8 nitrogen and oxygen atoms in total. The fourth-order valence-corrected chi connectivity index (χ4v) is 19.7. The fourth-order valence-electron chi connectivity index (χ4n) is 19.7. The molecule has 0 radical (unpaired) electrons. The van der Waals surface area contributed by atoms with Gasteiger partial charge in [0.25, 0.3) is 0 Å². The number of nitrogens with one attached hydrogen (secondary N) is 2. The van der Waals surface area contributed by atoms with Crippen molar-refractivity contribution >= 4 is 115 Å². The molecule has 0 amide bonds. The summed E-state index contributed by atoms with van der Waals surface area (Å²) in [5, 5.41) is 0. The lowest BCUT2D eigenvalue weighted by atomic mass is 10.00. The van der Waals surface area contributed by atoms with Gasteiger partial charge in [0, 0.05) is 66.6 Å². The highest BCUT2D eigenvalue weighted by atomic mass is 15.4. The molecule has 0 atom stereocenters. The van der Waals surface area contributed by atoms with Gasteiger partial charge in [-0.1, -0.05) is 315 Å². The molecule has 2 aliphatic rings. The Morgan fingerprint density at radius 3 is 0.414 bits per heavy atom. The van der Waals surface area contributed by atoms with E-state index in [9.17, 15) is 0 Å². The van der Waals surface area contributed by atoms with Crippen LogP contribution in [0.3, 0.4) is 0 Å². The fraction of sp³-hybridized carbons (Fsp3) is 0.0333. The molecule has 0 unspecified atom stereocenters. The number of para-hydroxylation sites is 12. The SMILES string of the molecule is C1=Cc2nc1c(-c1ccc(C[N+](c3ccccc3)(c3ccccc3)c3ccccc3)cc1)c1ccc([nH]1)c(-c1ccc(C[N+](c3ccccc3)(c3ccccc3)c3ccccc3)cc1)c1nc(c(-c3ccc(C[N+](c4ccccc4)(c4ccccc4)c4ccccc4)cc3)c3ccc([nH]3)c2-c2ccc(C[N+](c3ccccc3)(c3ccccc3)c3ccccc3)cc2)C=C1. The zero-order chi connectivity index (χ0) is 85.5. The molecule has 0 aliphatic carbocycles. The van der Waals surface area contributed by atoms with Crippen molar-refractivity contribution in [2.75, 3.05) is 0 Å². The number of benzene rings is 16. The smallest absolute Gasteiger partial charge is 0.143 e. The van der Waals surface area contributed by atoms with Crippen molar-refractivity contribution in [2.45, 2.75) is 26.2 Å². The highest BCUT2D eigenvalue weighted by Gasteiger charge is 2.42. The third-order valence-electron chi connectivity index (χ3n) is 25.8. The highest BCUT2D eigenvalue weighted by molar-refractivity contribution is 6.00. The molecule has 610 valence electrons. The van der Waals surface area contributed by atoms with E-state index in [0.717, 1.165) is 89.4 Å². The number of rotatable bonds is 24. The van der Waals surface area contributed by atoms with Crippen molar-refractivity contribution in [1.29, 1.82) is 0 Å². The summed E-state index contributed by atoms with van der Waals surface area (Å²) in [5.41, 5.74) is 33.6. The Kier molecular flexibility index (Phi) is 21.6. The predicted octanol–water partition coefficient (Wildman–Crippen LogP) is 32.0. The van der Waals surface area contributed by atoms with E-state index in [1.165, 1.54) is 90.5 Å². The van der Waals surface area contributed by atoms with Crippen molar-refractivity contribution in [3.63, 3.8) is 0 Å². The Morgan fingerprint density at radius 1 is 0.148 bits per heavy atom. The van der Waals surface area contributed by atoms with Crippen molar-refractivity contribution < 1.29 is 0 Å². The second-order valence-electron chi connectivity index (χ2n) is 33.2. The summed E-state index contributed by atoms with van der Waals surface area (Å²) in [6, 6.07) is 177. The number of hydrogen-bond donors (Lipinski definition) is 2. The average Bonchev–Trinajstić information content (AvgIpc) is 1.13. The summed E-state index contributed by atoms with van der Waals surface area (Å²) >= 11 is 0. The van der Waals surface area contributed by atoms with E-state index in [1.807, 2.05) is 0 Å². The van der Waals surface area contributed by atoms with Gasteiger partial charge in [-0.2, -0.15) is 0 Å². The summed E-state index contributed by atoms with van der Waals surface area (Å²) in [7, 11) is 0. The molecule has 16 aromatic carbocycles. The Balaban J connectivity index is 0.780. The number of nitrogens with zero attached hydrogens (tertiary/aromatic N) is 6. The van der Waals surface area contributed by atoms with Crippen LogP contribution in [0.4, 0.5) is 68.2 Å². The van der Waals surface area contributed by atoms with E-state index in [4.69, 9.17) is 9.97 Å². The van der Waals surface area contributed by atoms with Crippen LogP contribution in [0.25, 0.3) is 90.9 Å². The Bertz CT molecular complexity index is 6040. The minimum absolute atomic E-state index is 0.481. The molecule has 0 fully saturated rings. The molecule has 0 saturated carbocycles. The van der Waals surface area contributed by atoms with Gasteiger partial charge in [-0.25, -0.2) is 27.9 Å². The van der Waals surface area contributed by atoms with Gasteiger partial charge in [0.05, 0.1) is 22.8 Å². The van der Waals surface area contributed by atoms with Gasteiger partial charge in [-0.15, -0.1) is 0 Å². The monoisotopic (exact) mass is 1650 g/mol. The van der Waals surface area contributed by atoms with Crippen molar-refractivity contribution in [3.05, 3.63) is 530 Å². The van der Waals surface area contributed by atoms with Crippen molar-refractivity contribution in [3.8, 4) is 44.5 Å². The van der Waals surface area contributed by atoms with Gasteiger partial charge in [0.1, 0.15) is 94.4 Å². The van der Waals surface area contributed by atoms with Gasteiger partial charge in [0.2, 0.25) is 0 Å². The first-order valence-electron chi connectivity index (χ1n) is 44.1. The van der Waals surface area contributed by atoms with E-state index in [-0.39, 0.29) is 0 Å². The normalized spacial score (nSPS) is 12.1. The Morgan fingerprint density at radius 2 is 0.281 bits per heavy atom. The first-order valence-corrected chi connectivity index (χ1v) is 44.1. The zero-order valence-electron chi connectivity index (χ0n) is 71.0. The molecule has 0 spiro atoms. The molecular formula is C120H94N8+4. The van der Waals surface area contributed by atoms with E-state index in [1.54, 1.807) is 0 Å². The lowest BCUT2D eigenvalue weighted by Gasteiger charge is -2.37. The topological polar surface area (TPSA) is 57.4 Å². The van der Waals surface area contributed by atoms with Crippen molar-refractivity contribution in [1.82, 2.24) is 37.9 Å². The molecule has 3 aromatic heterocycles. The highest BCUT2D eigenvalue weighted by Crippen LogP contribution is 2.52. The molecule has 5 heterocycles. The second kappa shape index (κ2) is 34.9. The van der Waals surface area contributed by atoms with E-state index >= 15 is 0 Å². The van der Waals surface area contributed by atoms with Crippen LogP contribution in [-0.2, 0) is 26.2 Å². The third kappa shape index (κ3) is 14.9. The molecule has 8 heteroatoms. The number of aromatic nitrogens is 4. The number of fused-ring (bicyclic) bond motifs is 8. The van der Waals surface area contributed by atoms with Crippen LogP contribution < -0.4 is 17.9 Å². The summed E-state index contributed by atoms with van der Waals surface area (Å²) in [4.78, 5) is 20.2. The summed E-state index contributed by atoms with van der Waals surface area (Å²) < 4.78 is 1.92. The lowest BCUT2D eigenvalue weighted by molar-refractivity contribution is 0.512. The largest absolute Gasteiger partial charge is 0.354 e. The van der Waals surface area contributed by atoms with Crippen LogP contribution in [0, 0.1) is 0 Å². The number of aromatic amines is 2. The summed E-state index contributed by atoms with van der Waals surface area (Å²) in [5.74, 6) is 0. The minimum atomic E-state index is 0.481. The molecule has 21 rings (SSSR count). The van der Waals surface area contributed by atoms with Crippen LogP contribution in [-0.4, -0.2) is 19.9 Å². The maximum atomic E-state index is 5.95.